The van der Waals surface area contributed by atoms with Crippen LogP contribution in [0.1, 0.15) is 12.6 Å². The largest absolute Gasteiger partial charge is 0.394 e. The Balaban J connectivity index is 1.99. The van der Waals surface area contributed by atoms with Crippen LogP contribution in [0.25, 0.3) is 11.2 Å². The summed E-state index contributed by atoms with van der Waals surface area (Å²) in [6.07, 6.45) is -0.554. The van der Waals surface area contributed by atoms with E-state index >= 15 is 0 Å². The van der Waals surface area contributed by atoms with Crippen molar-refractivity contribution >= 4 is 23.1 Å². The second-order valence-electron chi connectivity index (χ2n) is 5.06. The number of amides is 2. The fraction of sp³-hybridized carbons (Fsp3) is 0.500. The van der Waals surface area contributed by atoms with Gasteiger partial charge in [-0.05, 0) is 0 Å². The minimum Gasteiger partial charge on any atom is -0.394 e. The molecule has 0 radical (unpaired) electrons. The number of carbonyl (C=O) groups is 1. The van der Waals surface area contributed by atoms with E-state index in [-0.39, 0.29) is 30.1 Å². The van der Waals surface area contributed by atoms with Gasteiger partial charge in [-0.2, -0.15) is 4.98 Å². The van der Waals surface area contributed by atoms with Crippen LogP contribution in [0.2, 0.25) is 0 Å². The summed E-state index contributed by atoms with van der Waals surface area (Å²) >= 11 is 0. The number of aliphatic hydroxyl groups excluding tert-OH is 2. The molecule has 23 heavy (non-hydrogen) atoms. The fourth-order valence-electron chi connectivity index (χ4n) is 2.42. The van der Waals surface area contributed by atoms with Gasteiger partial charge >= 0.3 is 6.03 Å². The lowest BCUT2D eigenvalue weighted by molar-refractivity contribution is -0.0432. The number of anilines is 1. The zero-order valence-electron chi connectivity index (χ0n) is 12.2. The van der Waals surface area contributed by atoms with E-state index in [1.807, 2.05) is 0 Å². The van der Waals surface area contributed by atoms with Gasteiger partial charge in [0.15, 0.2) is 11.2 Å². The molecule has 1 saturated heterocycles. The van der Waals surface area contributed by atoms with Crippen LogP contribution < -0.4 is 16.2 Å². The van der Waals surface area contributed by atoms with Crippen molar-refractivity contribution in [1.29, 1.82) is 0 Å². The average molecular weight is 324 g/mol. The molecule has 2 aromatic rings. The lowest BCUT2D eigenvalue weighted by Crippen LogP contribution is -2.27. The number of carbonyl (C=O) groups excluding carboxylic acids is 1. The van der Waals surface area contributed by atoms with Crippen LogP contribution in [0, 0.1) is 0 Å². The number of rotatable bonds is 3. The van der Waals surface area contributed by atoms with Crippen molar-refractivity contribution in [3.05, 3.63) is 16.7 Å². The molecule has 0 aromatic carbocycles. The standard InChI is InChI=1S/C12H16N6O5/c1-13-12(22)17-11-15-9-8(10(21)16-11)14-4-18(9)7-2-5(20)6(3-19)23-7/h4-7,19-20H,2-3H2,1H3,(H3,13,15,16,17,21,22)/t5?,6-,7-/m1/s1. The number of aromatic amines is 1. The molecule has 124 valence electrons. The van der Waals surface area contributed by atoms with Gasteiger partial charge in [0.25, 0.3) is 5.56 Å². The van der Waals surface area contributed by atoms with E-state index in [4.69, 9.17) is 9.84 Å². The summed E-state index contributed by atoms with van der Waals surface area (Å²) in [6, 6.07) is -0.536. The van der Waals surface area contributed by atoms with Crippen LogP contribution in [-0.4, -0.2) is 61.6 Å². The molecule has 3 rings (SSSR count). The SMILES string of the molecule is CNC(=O)Nc1nc2c(ncn2[C@H]2CC(O)[C@@H](CO)O2)c(=O)[nH]1. The van der Waals surface area contributed by atoms with E-state index in [1.165, 1.54) is 17.9 Å². The van der Waals surface area contributed by atoms with Gasteiger partial charge in [-0.25, -0.2) is 9.78 Å². The Labute approximate surface area is 129 Å². The van der Waals surface area contributed by atoms with Crippen LogP contribution in [-0.2, 0) is 4.74 Å². The van der Waals surface area contributed by atoms with Crippen LogP contribution in [0.15, 0.2) is 11.1 Å². The Kier molecular flexibility index (Phi) is 3.98. The third-order valence-corrected chi connectivity index (χ3v) is 3.59. The highest BCUT2D eigenvalue weighted by molar-refractivity contribution is 5.87. The first-order valence-electron chi connectivity index (χ1n) is 6.93. The van der Waals surface area contributed by atoms with E-state index < -0.39 is 30.0 Å². The number of hydrogen-bond acceptors (Lipinski definition) is 7. The minimum atomic E-state index is -0.826. The van der Waals surface area contributed by atoms with E-state index in [9.17, 15) is 14.7 Å². The summed E-state index contributed by atoms with van der Waals surface area (Å²) < 4.78 is 7.01. The van der Waals surface area contributed by atoms with Gasteiger partial charge in [0, 0.05) is 13.5 Å². The van der Waals surface area contributed by atoms with Gasteiger partial charge in [-0.15, -0.1) is 0 Å². The lowest BCUT2D eigenvalue weighted by Gasteiger charge is -2.13. The third-order valence-electron chi connectivity index (χ3n) is 3.59. The van der Waals surface area contributed by atoms with Gasteiger partial charge < -0.3 is 20.3 Å². The second-order valence-corrected chi connectivity index (χ2v) is 5.06. The first-order valence-corrected chi connectivity index (χ1v) is 6.93. The topological polar surface area (TPSA) is 154 Å². The number of H-pyrrole nitrogens is 1. The molecule has 5 N–H and O–H groups in total. The summed E-state index contributed by atoms with van der Waals surface area (Å²) in [5.41, 5.74) is -0.230. The number of aromatic nitrogens is 4. The Morgan fingerprint density at radius 3 is 3.04 bits per heavy atom. The van der Waals surface area contributed by atoms with Crippen LogP contribution >= 0.6 is 0 Å². The molecule has 3 atom stereocenters. The first-order chi connectivity index (χ1) is 11.0. The predicted molar refractivity (Wildman–Crippen MR) is 77.8 cm³/mol. The maximum Gasteiger partial charge on any atom is 0.321 e. The summed E-state index contributed by atoms with van der Waals surface area (Å²) in [5, 5.41) is 23.7. The Morgan fingerprint density at radius 2 is 2.39 bits per heavy atom. The van der Waals surface area contributed by atoms with E-state index in [0.717, 1.165) is 0 Å². The number of hydrogen-bond donors (Lipinski definition) is 5. The Morgan fingerprint density at radius 1 is 1.61 bits per heavy atom. The summed E-state index contributed by atoms with van der Waals surface area (Å²) in [6.45, 7) is -0.318. The summed E-state index contributed by atoms with van der Waals surface area (Å²) in [4.78, 5) is 33.9. The third kappa shape index (κ3) is 2.76. The van der Waals surface area contributed by atoms with Crippen molar-refractivity contribution < 1.29 is 19.7 Å². The first kappa shape index (κ1) is 15.4. The molecule has 11 nitrogen and oxygen atoms in total. The van der Waals surface area contributed by atoms with E-state index in [1.54, 1.807) is 0 Å². The smallest absolute Gasteiger partial charge is 0.321 e. The van der Waals surface area contributed by atoms with Gasteiger partial charge in [-0.1, -0.05) is 0 Å². The molecule has 0 bridgehead atoms. The number of urea groups is 1. The number of nitrogens with zero attached hydrogens (tertiary/aromatic N) is 3. The van der Waals surface area contributed by atoms with Crippen molar-refractivity contribution in [1.82, 2.24) is 24.8 Å². The van der Waals surface area contributed by atoms with Gasteiger partial charge in [-0.3, -0.25) is 19.7 Å². The van der Waals surface area contributed by atoms with Gasteiger partial charge in [0.1, 0.15) is 12.3 Å². The van der Waals surface area contributed by atoms with Crippen molar-refractivity contribution in [3.8, 4) is 0 Å². The zero-order chi connectivity index (χ0) is 16.6. The Bertz CT molecular complexity index is 786. The van der Waals surface area contributed by atoms with Crippen molar-refractivity contribution in [2.24, 2.45) is 0 Å². The number of ether oxygens (including phenoxy) is 1. The summed E-state index contributed by atoms with van der Waals surface area (Å²) in [7, 11) is 1.43. The molecular formula is C12H16N6O5. The second kappa shape index (κ2) is 5.95. The monoisotopic (exact) mass is 324 g/mol. The molecule has 1 aliphatic rings. The molecule has 3 heterocycles. The van der Waals surface area contributed by atoms with Crippen LogP contribution in [0.4, 0.5) is 10.7 Å². The molecule has 1 fully saturated rings. The predicted octanol–water partition coefficient (Wildman–Crippen LogP) is -1.49. The molecule has 1 unspecified atom stereocenters. The maximum absolute atomic E-state index is 12.0. The number of nitrogens with one attached hydrogen (secondary N) is 3. The highest BCUT2D eigenvalue weighted by atomic mass is 16.5. The van der Waals surface area contributed by atoms with E-state index in [2.05, 4.69) is 25.6 Å². The molecular weight excluding hydrogens is 308 g/mol. The number of imidazole rings is 1. The highest BCUT2D eigenvalue weighted by Crippen LogP contribution is 2.30. The van der Waals surface area contributed by atoms with Crippen molar-refractivity contribution in [2.45, 2.75) is 24.9 Å². The Hall–Kier alpha value is -2.50. The van der Waals surface area contributed by atoms with Crippen LogP contribution in [0.5, 0.6) is 0 Å². The molecule has 0 saturated carbocycles. The lowest BCUT2D eigenvalue weighted by atomic mass is 10.2. The number of fused-ring (bicyclic) bond motifs is 1. The van der Waals surface area contributed by atoms with Gasteiger partial charge in [0.05, 0.1) is 19.0 Å². The molecule has 1 aliphatic heterocycles. The molecule has 11 heteroatoms. The normalized spacial score (nSPS) is 24.0. The van der Waals surface area contributed by atoms with Crippen molar-refractivity contribution in [2.75, 3.05) is 19.0 Å². The fourth-order valence-corrected chi connectivity index (χ4v) is 2.42. The zero-order valence-corrected chi connectivity index (χ0v) is 12.2. The average Bonchev–Trinajstić information content (AvgIpc) is 3.10. The minimum absolute atomic E-state index is 0.0409. The molecule has 0 aliphatic carbocycles. The van der Waals surface area contributed by atoms with Crippen molar-refractivity contribution in [3.63, 3.8) is 0 Å². The molecule has 2 aromatic heterocycles. The summed E-state index contributed by atoms with van der Waals surface area (Å²) in [5.74, 6) is -0.0409. The van der Waals surface area contributed by atoms with E-state index in [0.29, 0.717) is 0 Å². The maximum atomic E-state index is 12.0. The number of aliphatic hydroxyl groups is 2. The van der Waals surface area contributed by atoms with Crippen LogP contribution in [0.3, 0.4) is 0 Å². The highest BCUT2D eigenvalue weighted by Gasteiger charge is 2.35. The molecule has 0 spiro atoms. The molecule has 2 amide bonds. The van der Waals surface area contributed by atoms with Gasteiger partial charge in [0.2, 0.25) is 5.95 Å². The quantitative estimate of drug-likeness (QED) is 0.461.